The van der Waals surface area contributed by atoms with Crippen molar-refractivity contribution in [1.29, 1.82) is 0 Å². The van der Waals surface area contributed by atoms with Crippen LogP contribution in [0.2, 0.25) is 0 Å². The monoisotopic (exact) mass is 317 g/mol. The second-order valence-corrected chi connectivity index (χ2v) is 6.62. The van der Waals surface area contributed by atoms with E-state index >= 15 is 0 Å². The van der Waals surface area contributed by atoms with Crippen molar-refractivity contribution in [3.8, 4) is 0 Å². The molecule has 124 valence electrons. The quantitative estimate of drug-likeness (QED) is 0.828. The van der Waals surface area contributed by atoms with Crippen LogP contribution in [0, 0.1) is 5.41 Å². The standard InChI is InChI=1S/C16H23N5O2/c1-16(2,3)14(22)10-17-15(23)13(21-11-18-19-20-21)9-12-7-5-4-6-8-12/h4-8,11,13-14,22H,9-10H2,1-3H3,(H,17,23). The minimum atomic E-state index is -0.627. The number of aliphatic hydroxyl groups excluding tert-OH is 1. The molecule has 7 heteroatoms. The molecule has 2 rings (SSSR count). The van der Waals surface area contributed by atoms with Gasteiger partial charge in [0.25, 0.3) is 0 Å². The van der Waals surface area contributed by atoms with Crippen molar-refractivity contribution in [2.24, 2.45) is 5.41 Å². The number of nitrogens with zero attached hydrogens (tertiary/aromatic N) is 4. The fraction of sp³-hybridized carbons (Fsp3) is 0.500. The molecule has 1 amide bonds. The van der Waals surface area contributed by atoms with Crippen LogP contribution in [-0.4, -0.2) is 43.9 Å². The van der Waals surface area contributed by atoms with Crippen molar-refractivity contribution in [3.63, 3.8) is 0 Å². The number of carbonyl (C=O) groups is 1. The van der Waals surface area contributed by atoms with Crippen molar-refractivity contribution in [2.45, 2.75) is 39.3 Å². The lowest BCUT2D eigenvalue weighted by molar-refractivity contribution is -0.125. The van der Waals surface area contributed by atoms with Crippen LogP contribution in [0.3, 0.4) is 0 Å². The molecule has 2 atom stereocenters. The van der Waals surface area contributed by atoms with Gasteiger partial charge in [-0.05, 0) is 21.4 Å². The van der Waals surface area contributed by atoms with Crippen LogP contribution in [0.15, 0.2) is 36.7 Å². The van der Waals surface area contributed by atoms with Crippen LogP contribution in [0.4, 0.5) is 0 Å². The zero-order valence-electron chi connectivity index (χ0n) is 13.7. The van der Waals surface area contributed by atoms with E-state index in [0.717, 1.165) is 5.56 Å². The van der Waals surface area contributed by atoms with E-state index in [2.05, 4.69) is 20.8 Å². The van der Waals surface area contributed by atoms with Crippen LogP contribution in [0.1, 0.15) is 32.4 Å². The fourth-order valence-corrected chi connectivity index (χ4v) is 2.08. The van der Waals surface area contributed by atoms with Crippen LogP contribution < -0.4 is 5.32 Å². The lowest BCUT2D eigenvalue weighted by Crippen LogP contribution is -2.42. The highest BCUT2D eigenvalue weighted by Crippen LogP contribution is 2.19. The summed E-state index contributed by atoms with van der Waals surface area (Å²) in [7, 11) is 0. The third kappa shape index (κ3) is 4.85. The molecule has 0 aliphatic rings. The molecule has 2 N–H and O–H groups in total. The number of carbonyl (C=O) groups excluding carboxylic acids is 1. The van der Waals surface area contributed by atoms with Gasteiger partial charge in [-0.2, -0.15) is 0 Å². The fourth-order valence-electron chi connectivity index (χ4n) is 2.08. The van der Waals surface area contributed by atoms with E-state index < -0.39 is 12.1 Å². The lowest BCUT2D eigenvalue weighted by Gasteiger charge is -2.26. The van der Waals surface area contributed by atoms with Gasteiger partial charge in [-0.15, -0.1) is 5.10 Å². The Kier molecular flexibility index (Phi) is 5.44. The molecule has 1 heterocycles. The number of hydrogen-bond acceptors (Lipinski definition) is 5. The second-order valence-electron chi connectivity index (χ2n) is 6.62. The lowest BCUT2D eigenvalue weighted by atomic mass is 9.89. The van der Waals surface area contributed by atoms with Crippen LogP contribution in [-0.2, 0) is 11.2 Å². The van der Waals surface area contributed by atoms with Gasteiger partial charge in [0, 0.05) is 13.0 Å². The Hall–Kier alpha value is -2.28. The number of tetrazole rings is 1. The summed E-state index contributed by atoms with van der Waals surface area (Å²) in [4.78, 5) is 12.5. The smallest absolute Gasteiger partial charge is 0.245 e. The van der Waals surface area contributed by atoms with E-state index in [1.54, 1.807) is 0 Å². The van der Waals surface area contributed by atoms with Gasteiger partial charge >= 0.3 is 0 Å². The summed E-state index contributed by atoms with van der Waals surface area (Å²) in [5.74, 6) is -0.218. The minimum absolute atomic E-state index is 0.190. The van der Waals surface area contributed by atoms with Crippen molar-refractivity contribution < 1.29 is 9.90 Å². The molecule has 1 aromatic carbocycles. The number of amides is 1. The maximum Gasteiger partial charge on any atom is 0.245 e. The van der Waals surface area contributed by atoms with Gasteiger partial charge < -0.3 is 10.4 Å². The Morgan fingerprint density at radius 2 is 2.00 bits per heavy atom. The number of aliphatic hydroxyl groups is 1. The summed E-state index contributed by atoms with van der Waals surface area (Å²) in [5, 5.41) is 23.9. The molecule has 7 nitrogen and oxygen atoms in total. The normalized spacial score (nSPS) is 14.3. The van der Waals surface area contributed by atoms with E-state index in [4.69, 9.17) is 0 Å². The average molecular weight is 317 g/mol. The highest BCUT2D eigenvalue weighted by Gasteiger charge is 2.26. The van der Waals surface area contributed by atoms with E-state index in [9.17, 15) is 9.90 Å². The molecular formula is C16H23N5O2. The predicted molar refractivity (Wildman–Crippen MR) is 85.5 cm³/mol. The van der Waals surface area contributed by atoms with E-state index in [1.807, 2.05) is 51.1 Å². The van der Waals surface area contributed by atoms with Gasteiger partial charge in [-0.1, -0.05) is 51.1 Å². The van der Waals surface area contributed by atoms with Crippen molar-refractivity contribution in [2.75, 3.05) is 6.54 Å². The molecule has 0 aliphatic carbocycles. The van der Waals surface area contributed by atoms with Crippen molar-refractivity contribution >= 4 is 5.91 Å². The summed E-state index contributed by atoms with van der Waals surface area (Å²) < 4.78 is 1.44. The first kappa shape index (κ1) is 17.1. The van der Waals surface area contributed by atoms with Gasteiger partial charge in [-0.25, -0.2) is 4.68 Å². The Labute approximate surface area is 135 Å². The van der Waals surface area contributed by atoms with Crippen LogP contribution in [0.5, 0.6) is 0 Å². The first-order valence-corrected chi connectivity index (χ1v) is 7.60. The average Bonchev–Trinajstić information content (AvgIpc) is 3.04. The molecule has 0 saturated heterocycles. The summed E-state index contributed by atoms with van der Waals surface area (Å²) in [6.07, 6.45) is 1.27. The molecule has 0 spiro atoms. The summed E-state index contributed by atoms with van der Waals surface area (Å²) >= 11 is 0. The summed E-state index contributed by atoms with van der Waals surface area (Å²) in [5.41, 5.74) is 0.719. The third-order valence-electron chi connectivity index (χ3n) is 3.73. The van der Waals surface area contributed by atoms with E-state index in [0.29, 0.717) is 6.42 Å². The summed E-state index contributed by atoms with van der Waals surface area (Å²) in [6.45, 7) is 5.96. The molecule has 0 saturated carbocycles. The third-order valence-corrected chi connectivity index (χ3v) is 3.73. The number of aromatic nitrogens is 4. The zero-order chi connectivity index (χ0) is 16.9. The minimum Gasteiger partial charge on any atom is -0.391 e. The Morgan fingerprint density at radius 1 is 1.30 bits per heavy atom. The van der Waals surface area contributed by atoms with Crippen LogP contribution >= 0.6 is 0 Å². The first-order valence-electron chi connectivity index (χ1n) is 7.60. The number of nitrogens with one attached hydrogen (secondary N) is 1. The largest absolute Gasteiger partial charge is 0.391 e. The number of benzene rings is 1. The molecule has 0 bridgehead atoms. The van der Waals surface area contributed by atoms with Gasteiger partial charge in [0.05, 0.1) is 6.10 Å². The van der Waals surface area contributed by atoms with Gasteiger partial charge in [0.1, 0.15) is 12.4 Å². The maximum atomic E-state index is 12.5. The van der Waals surface area contributed by atoms with Crippen LogP contribution in [0.25, 0.3) is 0 Å². The number of hydrogen-bond donors (Lipinski definition) is 2. The second kappa shape index (κ2) is 7.32. The maximum absolute atomic E-state index is 12.5. The Morgan fingerprint density at radius 3 is 2.57 bits per heavy atom. The molecule has 1 aromatic heterocycles. The molecule has 0 aliphatic heterocycles. The van der Waals surface area contributed by atoms with E-state index in [1.165, 1.54) is 11.0 Å². The summed E-state index contributed by atoms with van der Waals surface area (Å²) in [6, 6.07) is 9.12. The van der Waals surface area contributed by atoms with E-state index in [-0.39, 0.29) is 17.9 Å². The zero-order valence-corrected chi connectivity index (χ0v) is 13.7. The molecule has 0 radical (unpaired) electrons. The van der Waals surface area contributed by atoms with Gasteiger partial charge in [0.15, 0.2) is 0 Å². The topological polar surface area (TPSA) is 92.9 Å². The number of rotatable bonds is 6. The van der Waals surface area contributed by atoms with Crippen molar-refractivity contribution in [1.82, 2.24) is 25.5 Å². The van der Waals surface area contributed by atoms with Crippen molar-refractivity contribution in [3.05, 3.63) is 42.2 Å². The predicted octanol–water partition coefficient (Wildman–Crippen LogP) is 0.980. The Bertz CT molecular complexity index is 607. The highest BCUT2D eigenvalue weighted by atomic mass is 16.3. The molecular weight excluding hydrogens is 294 g/mol. The van der Waals surface area contributed by atoms with Gasteiger partial charge in [-0.3, -0.25) is 4.79 Å². The SMILES string of the molecule is CC(C)(C)C(O)CNC(=O)C(Cc1ccccc1)n1cnnn1. The highest BCUT2D eigenvalue weighted by molar-refractivity contribution is 5.80. The molecule has 23 heavy (non-hydrogen) atoms. The molecule has 2 unspecified atom stereocenters. The molecule has 0 fully saturated rings. The first-order chi connectivity index (χ1) is 10.9. The van der Waals surface area contributed by atoms with Gasteiger partial charge in [0.2, 0.25) is 5.91 Å². The molecule has 2 aromatic rings. The Balaban J connectivity index is 2.07.